The van der Waals surface area contributed by atoms with E-state index in [0.29, 0.717) is 44.0 Å². The number of para-hydroxylation sites is 1. The van der Waals surface area contributed by atoms with Crippen LogP contribution in [0.3, 0.4) is 0 Å². The van der Waals surface area contributed by atoms with Gasteiger partial charge >= 0.3 is 0 Å². The van der Waals surface area contributed by atoms with Crippen molar-refractivity contribution in [1.82, 2.24) is 20.4 Å². The van der Waals surface area contributed by atoms with E-state index in [9.17, 15) is 19.2 Å². The summed E-state index contributed by atoms with van der Waals surface area (Å²) in [5.41, 5.74) is 0.964. The monoisotopic (exact) mass is 593 g/mol. The fourth-order valence-corrected chi connectivity index (χ4v) is 6.76. The second-order valence-corrected chi connectivity index (χ2v) is 12.2. The maximum absolute atomic E-state index is 14.1. The number of nitrogens with one attached hydrogen (secondary N) is 2. The number of anilines is 1. The molecule has 5 rings (SSSR count). The van der Waals surface area contributed by atoms with Crippen LogP contribution in [0.2, 0.25) is 5.02 Å². The summed E-state index contributed by atoms with van der Waals surface area (Å²) in [6, 6.07) is 16.5. The van der Waals surface area contributed by atoms with Gasteiger partial charge < -0.3 is 25.3 Å². The molecular weight excluding hydrogens is 554 g/mol. The molecule has 2 heterocycles. The maximum atomic E-state index is 14.1. The van der Waals surface area contributed by atoms with Crippen molar-refractivity contribution in [1.29, 1.82) is 0 Å². The van der Waals surface area contributed by atoms with E-state index in [1.54, 1.807) is 21.9 Å². The zero-order valence-electron chi connectivity index (χ0n) is 24.2. The fraction of sp³-hybridized carbons (Fsp3) is 0.500. The second kappa shape index (κ2) is 13.2. The highest BCUT2D eigenvalue weighted by molar-refractivity contribution is 6.30. The van der Waals surface area contributed by atoms with Gasteiger partial charge in [-0.15, -0.1) is 0 Å². The van der Waals surface area contributed by atoms with Gasteiger partial charge in [0.15, 0.2) is 0 Å². The van der Waals surface area contributed by atoms with Crippen molar-refractivity contribution in [2.45, 2.75) is 75.9 Å². The lowest BCUT2D eigenvalue weighted by atomic mass is 9.85. The summed E-state index contributed by atoms with van der Waals surface area (Å²) in [5.74, 6) is -0.639. The number of likely N-dealkylation sites (tertiary alicyclic amines) is 1. The van der Waals surface area contributed by atoms with Crippen molar-refractivity contribution in [3.63, 3.8) is 0 Å². The Bertz CT molecular complexity index is 1270. The topological polar surface area (TPSA) is 102 Å². The molecule has 2 aromatic carbocycles. The number of rotatable bonds is 8. The normalized spacial score (nSPS) is 19.6. The van der Waals surface area contributed by atoms with Crippen LogP contribution in [0, 0.1) is 0 Å². The van der Waals surface area contributed by atoms with Crippen molar-refractivity contribution in [3.8, 4) is 0 Å². The number of benzene rings is 2. The molecule has 0 bridgehead atoms. The van der Waals surface area contributed by atoms with Crippen LogP contribution in [-0.4, -0.2) is 77.4 Å². The quantitative estimate of drug-likeness (QED) is 0.488. The highest BCUT2D eigenvalue weighted by Gasteiger charge is 2.54. The molecule has 0 aromatic heterocycles. The van der Waals surface area contributed by atoms with E-state index in [0.717, 1.165) is 36.9 Å². The Morgan fingerprint density at radius 2 is 1.64 bits per heavy atom. The van der Waals surface area contributed by atoms with Crippen LogP contribution in [0.4, 0.5) is 5.69 Å². The van der Waals surface area contributed by atoms with Crippen LogP contribution < -0.4 is 15.5 Å². The SMILES string of the molecule is CC(=O)N[C@H](Cc1ccc(Cl)cc1)C(=O)N1CCC2(CC1)C(=O)N(CC(=O)NC1CCCCC1)CN2c1ccccc1. The molecule has 0 radical (unpaired) electrons. The molecule has 9 nitrogen and oxygen atoms in total. The number of amides is 4. The van der Waals surface area contributed by atoms with Gasteiger partial charge in [-0.05, 0) is 55.5 Å². The molecule has 1 atom stereocenters. The van der Waals surface area contributed by atoms with Gasteiger partial charge in [-0.2, -0.15) is 0 Å². The van der Waals surface area contributed by atoms with Crippen molar-refractivity contribution in [2.75, 3.05) is 31.2 Å². The number of nitrogens with zero attached hydrogens (tertiary/aromatic N) is 3. The smallest absolute Gasteiger partial charge is 0.250 e. The summed E-state index contributed by atoms with van der Waals surface area (Å²) in [4.78, 5) is 58.2. The van der Waals surface area contributed by atoms with Gasteiger partial charge in [-0.25, -0.2) is 0 Å². The third-order valence-electron chi connectivity index (χ3n) is 8.82. The largest absolute Gasteiger partial charge is 0.352 e. The average Bonchev–Trinajstić information content (AvgIpc) is 3.24. The molecule has 42 heavy (non-hydrogen) atoms. The van der Waals surface area contributed by atoms with Crippen LogP contribution in [0.25, 0.3) is 0 Å². The van der Waals surface area contributed by atoms with Crippen molar-refractivity contribution < 1.29 is 19.2 Å². The summed E-state index contributed by atoms with van der Waals surface area (Å²) < 4.78 is 0. The molecular formula is C32H40ClN5O4. The Morgan fingerprint density at radius 3 is 2.29 bits per heavy atom. The van der Waals surface area contributed by atoms with Crippen LogP contribution >= 0.6 is 11.6 Å². The molecule has 3 aliphatic rings. The number of piperidine rings is 1. The van der Waals surface area contributed by atoms with Crippen LogP contribution in [0.5, 0.6) is 0 Å². The van der Waals surface area contributed by atoms with E-state index < -0.39 is 11.6 Å². The first kappa shape index (κ1) is 29.9. The minimum atomic E-state index is -0.844. The summed E-state index contributed by atoms with van der Waals surface area (Å²) in [6.45, 7) is 2.48. The number of carbonyl (C=O) groups excluding carboxylic acids is 4. The van der Waals surface area contributed by atoms with Crippen molar-refractivity contribution in [3.05, 3.63) is 65.2 Å². The standard InChI is InChI=1S/C32H40ClN5O4/c1-23(39)34-28(20-24-12-14-25(33)15-13-24)30(41)36-18-16-32(17-19-36)31(42)37(22-38(32)27-10-6-3-7-11-27)21-29(40)35-26-8-4-2-5-9-26/h3,6-7,10-15,26,28H,2,4-5,8-9,16-22H2,1H3,(H,34,39)(H,35,40)/t28-/m1/s1. The highest BCUT2D eigenvalue weighted by Crippen LogP contribution is 2.39. The molecule has 2 saturated heterocycles. The Labute approximate surface area is 252 Å². The lowest BCUT2D eigenvalue weighted by Gasteiger charge is -2.44. The minimum absolute atomic E-state index is 0.0226. The first-order valence-electron chi connectivity index (χ1n) is 15.0. The van der Waals surface area contributed by atoms with E-state index in [1.807, 2.05) is 42.5 Å². The van der Waals surface area contributed by atoms with E-state index >= 15 is 0 Å². The predicted molar refractivity (Wildman–Crippen MR) is 162 cm³/mol. The average molecular weight is 594 g/mol. The van der Waals surface area contributed by atoms with Crippen LogP contribution in [-0.2, 0) is 25.6 Å². The number of hydrogen-bond donors (Lipinski definition) is 2. The number of hydrogen-bond acceptors (Lipinski definition) is 5. The Kier molecular flexibility index (Phi) is 9.36. The molecule has 1 saturated carbocycles. The van der Waals surface area contributed by atoms with Gasteiger partial charge in [0.25, 0.3) is 5.91 Å². The summed E-state index contributed by atoms with van der Waals surface area (Å²) in [7, 11) is 0. The first-order valence-corrected chi connectivity index (χ1v) is 15.3. The van der Waals surface area contributed by atoms with E-state index in [4.69, 9.17) is 11.6 Å². The second-order valence-electron chi connectivity index (χ2n) is 11.8. The Morgan fingerprint density at radius 1 is 0.976 bits per heavy atom. The molecule has 2 aromatic rings. The number of carbonyl (C=O) groups is 4. The lowest BCUT2D eigenvalue weighted by molar-refractivity contribution is -0.141. The molecule has 0 unspecified atom stereocenters. The zero-order valence-corrected chi connectivity index (χ0v) is 24.9. The first-order chi connectivity index (χ1) is 20.2. The third kappa shape index (κ3) is 6.72. The molecule has 2 N–H and O–H groups in total. The van der Waals surface area contributed by atoms with E-state index in [2.05, 4.69) is 15.5 Å². The van der Waals surface area contributed by atoms with E-state index in [-0.39, 0.29) is 36.2 Å². The predicted octanol–water partition coefficient (Wildman–Crippen LogP) is 3.50. The summed E-state index contributed by atoms with van der Waals surface area (Å²) in [5, 5.41) is 6.56. The minimum Gasteiger partial charge on any atom is -0.352 e. The van der Waals surface area contributed by atoms with Gasteiger partial charge in [0.2, 0.25) is 17.7 Å². The number of halogens is 1. The summed E-state index contributed by atoms with van der Waals surface area (Å²) in [6.07, 6.45) is 6.63. The Balaban J connectivity index is 1.29. The van der Waals surface area contributed by atoms with Gasteiger partial charge in [0, 0.05) is 43.2 Å². The van der Waals surface area contributed by atoms with Gasteiger partial charge in [-0.1, -0.05) is 61.2 Å². The molecule has 3 fully saturated rings. The molecule has 1 spiro atoms. The Hall–Kier alpha value is -3.59. The molecule has 2 aliphatic heterocycles. The maximum Gasteiger partial charge on any atom is 0.250 e. The molecule has 224 valence electrons. The van der Waals surface area contributed by atoms with Gasteiger partial charge in [0.1, 0.15) is 18.1 Å². The van der Waals surface area contributed by atoms with Crippen LogP contribution in [0.15, 0.2) is 54.6 Å². The molecule has 4 amide bonds. The van der Waals surface area contributed by atoms with Crippen molar-refractivity contribution in [2.24, 2.45) is 0 Å². The summed E-state index contributed by atoms with van der Waals surface area (Å²) >= 11 is 6.02. The fourth-order valence-electron chi connectivity index (χ4n) is 6.63. The zero-order chi connectivity index (χ0) is 29.7. The third-order valence-corrected chi connectivity index (χ3v) is 9.07. The van der Waals surface area contributed by atoms with Crippen molar-refractivity contribution >= 4 is 40.9 Å². The van der Waals surface area contributed by atoms with Gasteiger partial charge in [0.05, 0.1) is 6.67 Å². The molecule has 10 heteroatoms. The lowest BCUT2D eigenvalue weighted by Crippen LogP contribution is -2.59. The van der Waals surface area contributed by atoms with Gasteiger partial charge in [-0.3, -0.25) is 19.2 Å². The van der Waals surface area contributed by atoms with E-state index in [1.165, 1.54) is 13.3 Å². The van der Waals surface area contributed by atoms with Crippen LogP contribution in [0.1, 0.15) is 57.4 Å². The highest BCUT2D eigenvalue weighted by atomic mass is 35.5. The molecule has 1 aliphatic carbocycles.